The van der Waals surface area contributed by atoms with Crippen molar-refractivity contribution in [2.45, 2.75) is 12.5 Å². The number of benzene rings is 1. The fraction of sp³-hybridized carbons (Fsp3) is 0.417. The van der Waals surface area contributed by atoms with Crippen molar-refractivity contribution in [3.63, 3.8) is 0 Å². The van der Waals surface area contributed by atoms with E-state index in [1.54, 1.807) is 30.1 Å². The van der Waals surface area contributed by atoms with Crippen molar-refractivity contribution in [1.82, 2.24) is 10.2 Å². The number of likely N-dealkylation sites (N-methyl/N-ethyl adjacent to an activating group) is 1. The van der Waals surface area contributed by atoms with Gasteiger partial charge in [-0.05, 0) is 6.42 Å². The summed E-state index contributed by atoms with van der Waals surface area (Å²) in [5.41, 5.74) is 0.835. The summed E-state index contributed by atoms with van der Waals surface area (Å²) in [7, 11) is 1.75. The van der Waals surface area contributed by atoms with E-state index in [2.05, 4.69) is 5.32 Å². The van der Waals surface area contributed by atoms with Gasteiger partial charge in [-0.2, -0.15) is 0 Å². The molecular formula is C12H15N3O3. The first kappa shape index (κ1) is 12.5. The van der Waals surface area contributed by atoms with Crippen LogP contribution in [0.2, 0.25) is 0 Å². The monoisotopic (exact) mass is 249 g/mol. The Morgan fingerprint density at radius 1 is 1.50 bits per heavy atom. The number of hydrogen-bond acceptors (Lipinski definition) is 4. The molecule has 18 heavy (non-hydrogen) atoms. The summed E-state index contributed by atoms with van der Waals surface area (Å²) in [6.07, 6.45) is 0.550. The molecule has 1 heterocycles. The standard InChI is InChI=1S/C12H15N3O3/c1-14-8-10(13-7-12(14)16)6-9-4-2-3-5-11(9)15(17)18/h2-5,10,13H,6-8H2,1H3. The molecule has 0 aliphatic carbocycles. The Labute approximate surface area is 105 Å². The van der Waals surface area contributed by atoms with Crippen molar-refractivity contribution < 1.29 is 9.72 Å². The quantitative estimate of drug-likeness (QED) is 0.627. The number of carbonyl (C=O) groups excluding carboxylic acids is 1. The van der Waals surface area contributed by atoms with E-state index < -0.39 is 0 Å². The molecule has 0 spiro atoms. The number of nitrogens with one attached hydrogen (secondary N) is 1. The van der Waals surface area contributed by atoms with E-state index in [4.69, 9.17) is 0 Å². The fourth-order valence-electron chi connectivity index (χ4n) is 2.13. The highest BCUT2D eigenvalue weighted by molar-refractivity contribution is 5.78. The predicted octanol–water partition coefficient (Wildman–Crippen LogP) is 0.567. The molecule has 1 aromatic rings. The van der Waals surface area contributed by atoms with Crippen LogP contribution in [0.3, 0.4) is 0 Å². The van der Waals surface area contributed by atoms with Gasteiger partial charge in [0, 0.05) is 31.3 Å². The average molecular weight is 249 g/mol. The van der Waals surface area contributed by atoms with E-state index in [0.29, 0.717) is 25.1 Å². The maximum absolute atomic E-state index is 11.3. The number of amides is 1. The van der Waals surface area contributed by atoms with Crippen LogP contribution < -0.4 is 5.32 Å². The Morgan fingerprint density at radius 2 is 2.22 bits per heavy atom. The third-order valence-electron chi connectivity index (χ3n) is 3.12. The van der Waals surface area contributed by atoms with Crippen LogP contribution in [0.4, 0.5) is 5.69 Å². The number of nitro groups is 1. The molecule has 0 saturated carbocycles. The molecule has 1 fully saturated rings. The van der Waals surface area contributed by atoms with Crippen molar-refractivity contribution in [1.29, 1.82) is 0 Å². The third kappa shape index (κ3) is 2.65. The summed E-state index contributed by atoms with van der Waals surface area (Å²) in [6, 6.07) is 6.78. The highest BCUT2D eigenvalue weighted by atomic mass is 16.6. The molecule has 6 nitrogen and oxygen atoms in total. The smallest absolute Gasteiger partial charge is 0.272 e. The van der Waals surface area contributed by atoms with E-state index in [-0.39, 0.29) is 22.6 Å². The van der Waals surface area contributed by atoms with Crippen molar-refractivity contribution in [3.05, 3.63) is 39.9 Å². The molecule has 1 aromatic carbocycles. The van der Waals surface area contributed by atoms with Gasteiger partial charge in [0.25, 0.3) is 5.69 Å². The SMILES string of the molecule is CN1CC(Cc2ccccc2[N+](=O)[O-])NCC1=O. The molecule has 2 rings (SSSR count). The number of piperazine rings is 1. The number of nitrogens with zero attached hydrogens (tertiary/aromatic N) is 2. The Morgan fingerprint density at radius 3 is 2.89 bits per heavy atom. The minimum atomic E-state index is -0.368. The molecule has 1 N–H and O–H groups in total. The molecule has 0 radical (unpaired) electrons. The molecule has 1 saturated heterocycles. The van der Waals surface area contributed by atoms with Gasteiger partial charge in [0.1, 0.15) is 0 Å². The Balaban J connectivity index is 2.10. The number of carbonyl (C=O) groups is 1. The van der Waals surface area contributed by atoms with Gasteiger partial charge in [-0.15, -0.1) is 0 Å². The maximum atomic E-state index is 11.3. The summed E-state index contributed by atoms with van der Waals surface area (Å²) in [5, 5.41) is 14.0. The van der Waals surface area contributed by atoms with Crippen molar-refractivity contribution in [3.8, 4) is 0 Å². The molecule has 1 aliphatic rings. The Bertz CT molecular complexity index is 475. The van der Waals surface area contributed by atoms with Crippen LogP contribution in [0.15, 0.2) is 24.3 Å². The topological polar surface area (TPSA) is 75.5 Å². The van der Waals surface area contributed by atoms with E-state index in [1.807, 2.05) is 0 Å². The molecule has 0 aromatic heterocycles. The normalized spacial score (nSPS) is 19.9. The molecule has 1 unspecified atom stereocenters. The van der Waals surface area contributed by atoms with E-state index in [1.165, 1.54) is 6.07 Å². The van der Waals surface area contributed by atoms with Gasteiger partial charge in [-0.25, -0.2) is 0 Å². The second kappa shape index (κ2) is 5.14. The van der Waals surface area contributed by atoms with Crippen LogP contribution >= 0.6 is 0 Å². The van der Waals surface area contributed by atoms with Crippen LogP contribution in [-0.4, -0.2) is 41.9 Å². The van der Waals surface area contributed by atoms with E-state index in [0.717, 1.165) is 0 Å². The molecule has 1 amide bonds. The van der Waals surface area contributed by atoms with E-state index >= 15 is 0 Å². The number of hydrogen-bond donors (Lipinski definition) is 1. The minimum Gasteiger partial charge on any atom is -0.343 e. The number of para-hydroxylation sites is 1. The van der Waals surface area contributed by atoms with Gasteiger partial charge in [-0.3, -0.25) is 14.9 Å². The van der Waals surface area contributed by atoms with Crippen LogP contribution in [0.1, 0.15) is 5.56 Å². The Kier molecular flexibility index (Phi) is 3.57. The summed E-state index contributed by atoms with van der Waals surface area (Å²) in [4.78, 5) is 23.5. The van der Waals surface area contributed by atoms with E-state index in [9.17, 15) is 14.9 Å². The van der Waals surface area contributed by atoms with Crippen molar-refractivity contribution >= 4 is 11.6 Å². The highest BCUT2D eigenvalue weighted by Gasteiger charge is 2.24. The second-order valence-corrected chi connectivity index (χ2v) is 4.44. The number of rotatable bonds is 3. The Hall–Kier alpha value is -1.95. The number of nitro benzene ring substituents is 1. The van der Waals surface area contributed by atoms with Gasteiger partial charge < -0.3 is 10.2 Å². The average Bonchev–Trinajstić information content (AvgIpc) is 2.34. The highest BCUT2D eigenvalue weighted by Crippen LogP contribution is 2.19. The minimum absolute atomic E-state index is 0.0498. The maximum Gasteiger partial charge on any atom is 0.272 e. The zero-order valence-corrected chi connectivity index (χ0v) is 10.1. The predicted molar refractivity (Wildman–Crippen MR) is 66.2 cm³/mol. The largest absolute Gasteiger partial charge is 0.343 e. The van der Waals surface area contributed by atoms with Crippen molar-refractivity contribution in [2.75, 3.05) is 20.1 Å². The van der Waals surface area contributed by atoms with Gasteiger partial charge in [0.2, 0.25) is 5.91 Å². The van der Waals surface area contributed by atoms with Gasteiger partial charge >= 0.3 is 0 Å². The zero-order valence-electron chi connectivity index (χ0n) is 10.1. The lowest BCUT2D eigenvalue weighted by Gasteiger charge is -2.30. The summed E-state index contributed by atoms with van der Waals surface area (Å²) in [5.74, 6) is 0.0498. The molecule has 1 aliphatic heterocycles. The van der Waals surface area contributed by atoms with Crippen LogP contribution in [-0.2, 0) is 11.2 Å². The van der Waals surface area contributed by atoms with Crippen LogP contribution in [0, 0.1) is 10.1 Å². The lowest BCUT2D eigenvalue weighted by molar-refractivity contribution is -0.385. The van der Waals surface area contributed by atoms with Crippen LogP contribution in [0.5, 0.6) is 0 Å². The second-order valence-electron chi connectivity index (χ2n) is 4.44. The summed E-state index contributed by atoms with van der Waals surface area (Å²) >= 11 is 0. The fourth-order valence-corrected chi connectivity index (χ4v) is 2.13. The first-order valence-corrected chi connectivity index (χ1v) is 5.77. The third-order valence-corrected chi connectivity index (χ3v) is 3.12. The molecular weight excluding hydrogens is 234 g/mol. The van der Waals surface area contributed by atoms with Gasteiger partial charge in [0.15, 0.2) is 0 Å². The molecule has 6 heteroatoms. The molecule has 0 bridgehead atoms. The van der Waals surface area contributed by atoms with Gasteiger partial charge in [0.05, 0.1) is 11.5 Å². The first-order valence-electron chi connectivity index (χ1n) is 5.77. The summed E-state index contributed by atoms with van der Waals surface area (Å²) < 4.78 is 0. The van der Waals surface area contributed by atoms with Gasteiger partial charge in [-0.1, -0.05) is 18.2 Å². The zero-order chi connectivity index (χ0) is 13.1. The molecule has 1 atom stereocenters. The van der Waals surface area contributed by atoms with Crippen molar-refractivity contribution in [2.24, 2.45) is 0 Å². The van der Waals surface area contributed by atoms with Crippen LogP contribution in [0.25, 0.3) is 0 Å². The summed E-state index contributed by atoms with van der Waals surface area (Å²) in [6.45, 7) is 0.868. The molecule has 96 valence electrons. The first-order chi connectivity index (χ1) is 8.58. The lowest BCUT2D eigenvalue weighted by Crippen LogP contribution is -2.53. The lowest BCUT2D eigenvalue weighted by atomic mass is 10.0.